The van der Waals surface area contributed by atoms with Gasteiger partial charge in [-0.05, 0) is 48.9 Å². The number of hydrogen-bond acceptors (Lipinski definition) is 5. The van der Waals surface area contributed by atoms with Crippen LogP contribution in [0.15, 0.2) is 72.8 Å². The van der Waals surface area contributed by atoms with Crippen molar-refractivity contribution in [3.05, 3.63) is 94.5 Å². The topological polar surface area (TPSA) is 92.8 Å². The van der Waals surface area contributed by atoms with Crippen molar-refractivity contribution in [3.63, 3.8) is 0 Å². The molecule has 178 valence electrons. The Labute approximate surface area is 207 Å². The highest BCUT2D eigenvalue weighted by Gasteiger charge is 2.36. The number of nitrogens with zero attached hydrogens (tertiary/aromatic N) is 1. The predicted octanol–water partition coefficient (Wildman–Crippen LogP) is 4.68. The fourth-order valence-electron chi connectivity index (χ4n) is 3.86. The van der Waals surface area contributed by atoms with Crippen LogP contribution in [-0.4, -0.2) is 36.7 Å². The number of carbonyl (C=O) groups is 4. The largest absolute Gasteiger partial charge is 0.454 e. The molecule has 1 atom stereocenters. The third-order valence-corrected chi connectivity index (χ3v) is 6.25. The van der Waals surface area contributed by atoms with Crippen LogP contribution < -0.4 is 10.2 Å². The summed E-state index contributed by atoms with van der Waals surface area (Å²) < 4.78 is 5.10. The lowest BCUT2D eigenvalue weighted by Gasteiger charge is -2.19. The summed E-state index contributed by atoms with van der Waals surface area (Å²) in [5.41, 5.74) is 2.69. The van der Waals surface area contributed by atoms with Gasteiger partial charge in [-0.15, -0.1) is 0 Å². The molecule has 0 unspecified atom stereocenters. The molecule has 1 aliphatic rings. The molecule has 3 aromatic rings. The van der Waals surface area contributed by atoms with Crippen LogP contribution in [0.5, 0.6) is 0 Å². The summed E-state index contributed by atoms with van der Waals surface area (Å²) >= 11 is 6.18. The molecule has 1 aliphatic heterocycles. The standard InChI is InChI=1S/C27H23ClN2O5/c1-17-22(28)8-5-9-23(17)30-15-20(14-25(30)32)26(33)29-21-12-10-19(11-13-21)27(34)35-16-24(31)18-6-3-2-4-7-18/h2-13,20H,14-16H2,1H3,(H,29,33)/t20-/m1/s1. The third-order valence-electron chi connectivity index (χ3n) is 5.84. The monoisotopic (exact) mass is 490 g/mol. The highest BCUT2D eigenvalue weighted by Crippen LogP contribution is 2.31. The molecule has 8 heteroatoms. The van der Waals surface area contributed by atoms with Crippen LogP contribution in [0.4, 0.5) is 11.4 Å². The Morgan fingerprint density at radius 2 is 1.69 bits per heavy atom. The van der Waals surface area contributed by atoms with Crippen LogP contribution >= 0.6 is 11.6 Å². The lowest BCUT2D eigenvalue weighted by atomic mass is 10.1. The summed E-state index contributed by atoms with van der Waals surface area (Å²) in [5, 5.41) is 3.35. The predicted molar refractivity (Wildman–Crippen MR) is 133 cm³/mol. The molecule has 0 bridgehead atoms. The Kier molecular flexibility index (Phi) is 7.27. The minimum absolute atomic E-state index is 0.0949. The van der Waals surface area contributed by atoms with Gasteiger partial charge in [-0.3, -0.25) is 14.4 Å². The summed E-state index contributed by atoms with van der Waals surface area (Å²) in [4.78, 5) is 51.3. The Bertz CT molecular complexity index is 1270. The third kappa shape index (κ3) is 5.58. The average molecular weight is 491 g/mol. The zero-order chi connectivity index (χ0) is 24.9. The lowest BCUT2D eigenvalue weighted by molar-refractivity contribution is -0.122. The van der Waals surface area contributed by atoms with Crippen LogP contribution in [0.2, 0.25) is 5.02 Å². The van der Waals surface area contributed by atoms with E-state index in [9.17, 15) is 19.2 Å². The molecule has 1 heterocycles. The van der Waals surface area contributed by atoms with E-state index >= 15 is 0 Å². The Morgan fingerprint density at radius 3 is 2.40 bits per heavy atom. The van der Waals surface area contributed by atoms with Crippen molar-refractivity contribution in [2.24, 2.45) is 5.92 Å². The first-order chi connectivity index (χ1) is 16.8. The number of ether oxygens (including phenoxy) is 1. The number of hydrogen-bond donors (Lipinski definition) is 1. The molecular formula is C27H23ClN2O5. The second kappa shape index (κ2) is 10.5. The van der Waals surface area contributed by atoms with Crippen molar-refractivity contribution in [2.75, 3.05) is 23.4 Å². The van der Waals surface area contributed by atoms with E-state index in [4.69, 9.17) is 16.3 Å². The van der Waals surface area contributed by atoms with Gasteiger partial charge in [0.05, 0.1) is 11.5 Å². The number of Topliss-reactive ketones (excluding diaryl/α,β-unsaturated/α-hetero) is 1. The second-order valence-corrected chi connectivity index (χ2v) is 8.63. The van der Waals surface area contributed by atoms with Crippen LogP contribution in [0, 0.1) is 12.8 Å². The van der Waals surface area contributed by atoms with Gasteiger partial charge in [0.15, 0.2) is 12.4 Å². The summed E-state index contributed by atoms with van der Waals surface area (Å²) in [6, 6.07) is 20.1. The molecule has 35 heavy (non-hydrogen) atoms. The molecule has 4 rings (SSSR count). The summed E-state index contributed by atoms with van der Waals surface area (Å²) in [6.07, 6.45) is 0.0949. The lowest BCUT2D eigenvalue weighted by Crippen LogP contribution is -2.28. The van der Waals surface area contributed by atoms with Crippen molar-refractivity contribution >= 4 is 46.5 Å². The number of esters is 1. The number of ketones is 1. The van der Waals surface area contributed by atoms with Crippen LogP contribution in [-0.2, 0) is 14.3 Å². The maximum Gasteiger partial charge on any atom is 0.338 e. The van der Waals surface area contributed by atoms with Crippen molar-refractivity contribution in [1.29, 1.82) is 0 Å². The van der Waals surface area contributed by atoms with E-state index in [1.165, 1.54) is 12.1 Å². The number of rotatable bonds is 7. The highest BCUT2D eigenvalue weighted by atomic mass is 35.5. The van der Waals surface area contributed by atoms with Crippen LogP contribution in [0.25, 0.3) is 0 Å². The minimum Gasteiger partial charge on any atom is -0.454 e. The van der Waals surface area contributed by atoms with E-state index in [0.29, 0.717) is 22.0 Å². The van der Waals surface area contributed by atoms with Crippen LogP contribution in [0.3, 0.4) is 0 Å². The fraction of sp³-hybridized carbons (Fsp3) is 0.185. The van der Waals surface area contributed by atoms with E-state index in [2.05, 4.69) is 5.32 Å². The molecule has 0 spiro atoms. The molecule has 3 aromatic carbocycles. The van der Waals surface area contributed by atoms with Gasteiger partial charge in [0, 0.05) is 34.9 Å². The SMILES string of the molecule is Cc1c(Cl)cccc1N1C[C@H](C(=O)Nc2ccc(C(=O)OCC(=O)c3ccccc3)cc2)CC1=O. The van der Waals surface area contributed by atoms with Crippen molar-refractivity contribution in [3.8, 4) is 0 Å². The Hall–Kier alpha value is -3.97. The van der Waals surface area contributed by atoms with E-state index in [1.807, 2.05) is 13.0 Å². The smallest absolute Gasteiger partial charge is 0.338 e. The number of carbonyl (C=O) groups excluding carboxylic acids is 4. The highest BCUT2D eigenvalue weighted by molar-refractivity contribution is 6.31. The molecule has 1 N–H and O–H groups in total. The van der Waals surface area contributed by atoms with Gasteiger partial charge in [0.25, 0.3) is 0 Å². The van der Waals surface area contributed by atoms with Crippen molar-refractivity contribution in [1.82, 2.24) is 0 Å². The first-order valence-electron chi connectivity index (χ1n) is 11.1. The average Bonchev–Trinajstić information content (AvgIpc) is 3.26. The second-order valence-electron chi connectivity index (χ2n) is 8.22. The quantitative estimate of drug-likeness (QED) is 0.383. The molecule has 0 aromatic heterocycles. The number of halogens is 1. The van der Waals surface area contributed by atoms with Crippen molar-refractivity contribution in [2.45, 2.75) is 13.3 Å². The summed E-state index contributed by atoms with van der Waals surface area (Å²) in [5.74, 6) is -1.88. The molecule has 1 saturated heterocycles. The number of anilines is 2. The van der Waals surface area contributed by atoms with Gasteiger partial charge < -0.3 is 15.0 Å². The van der Waals surface area contributed by atoms with Gasteiger partial charge in [-0.1, -0.05) is 48.0 Å². The van der Waals surface area contributed by atoms with E-state index < -0.39 is 11.9 Å². The van der Waals surface area contributed by atoms with Gasteiger partial charge in [-0.25, -0.2) is 4.79 Å². The number of amides is 2. The molecule has 0 saturated carbocycles. The van der Waals surface area contributed by atoms with Gasteiger partial charge >= 0.3 is 5.97 Å². The normalized spacial score (nSPS) is 15.1. The van der Waals surface area contributed by atoms with E-state index in [0.717, 1.165) is 5.56 Å². The fourth-order valence-corrected chi connectivity index (χ4v) is 4.03. The number of nitrogens with one attached hydrogen (secondary N) is 1. The number of benzene rings is 3. The molecule has 7 nitrogen and oxygen atoms in total. The zero-order valence-electron chi connectivity index (χ0n) is 19.0. The maximum atomic E-state index is 12.8. The molecular weight excluding hydrogens is 468 g/mol. The molecule has 2 amide bonds. The van der Waals surface area contributed by atoms with Gasteiger partial charge in [0.1, 0.15) is 0 Å². The van der Waals surface area contributed by atoms with Crippen LogP contribution in [0.1, 0.15) is 32.7 Å². The maximum absolute atomic E-state index is 12.8. The van der Waals surface area contributed by atoms with Crippen molar-refractivity contribution < 1.29 is 23.9 Å². The minimum atomic E-state index is -0.638. The first-order valence-corrected chi connectivity index (χ1v) is 11.4. The first kappa shape index (κ1) is 24.2. The van der Waals surface area contributed by atoms with E-state index in [1.54, 1.807) is 59.5 Å². The molecule has 1 fully saturated rings. The Morgan fingerprint density at radius 1 is 0.971 bits per heavy atom. The molecule has 0 aliphatic carbocycles. The van der Waals surface area contributed by atoms with E-state index in [-0.39, 0.29) is 42.7 Å². The Balaban J connectivity index is 1.32. The van der Waals surface area contributed by atoms with Gasteiger partial charge in [0.2, 0.25) is 11.8 Å². The molecule has 0 radical (unpaired) electrons. The summed E-state index contributed by atoms with van der Waals surface area (Å²) in [7, 11) is 0. The summed E-state index contributed by atoms with van der Waals surface area (Å²) in [6.45, 7) is 1.73. The van der Waals surface area contributed by atoms with Gasteiger partial charge in [-0.2, -0.15) is 0 Å². The zero-order valence-corrected chi connectivity index (χ0v) is 19.7.